The maximum absolute atomic E-state index is 12.9. The van der Waals surface area contributed by atoms with Gasteiger partial charge in [0.1, 0.15) is 6.04 Å². The number of urea groups is 1. The minimum atomic E-state index is -4.52. The van der Waals surface area contributed by atoms with E-state index in [0.29, 0.717) is 5.69 Å². The highest BCUT2D eigenvalue weighted by Gasteiger charge is 2.30. The van der Waals surface area contributed by atoms with Crippen LogP contribution in [0.1, 0.15) is 19.4 Å². The van der Waals surface area contributed by atoms with E-state index >= 15 is 0 Å². The van der Waals surface area contributed by atoms with E-state index in [-0.39, 0.29) is 11.6 Å². The molecule has 1 unspecified atom stereocenters. The van der Waals surface area contributed by atoms with Crippen LogP contribution in [0.4, 0.5) is 29.3 Å². The fraction of sp³-hybridized carbons (Fsp3) is 0.217. The van der Waals surface area contributed by atoms with E-state index in [0.717, 1.165) is 22.9 Å². The van der Waals surface area contributed by atoms with Crippen LogP contribution in [0.2, 0.25) is 0 Å². The Morgan fingerprint density at radius 1 is 0.806 bits per heavy atom. The number of fused-ring (bicyclic) bond motifs is 1. The largest absolute Gasteiger partial charge is 0.416 e. The van der Waals surface area contributed by atoms with Crippen molar-refractivity contribution in [2.45, 2.75) is 26.1 Å². The maximum atomic E-state index is 12.9. The highest BCUT2D eigenvalue weighted by atomic mass is 19.4. The molecule has 3 rings (SSSR count). The van der Waals surface area contributed by atoms with E-state index in [9.17, 15) is 22.8 Å². The molecule has 31 heavy (non-hydrogen) atoms. The van der Waals surface area contributed by atoms with Crippen LogP contribution in [-0.4, -0.2) is 18.0 Å². The van der Waals surface area contributed by atoms with Crippen LogP contribution < -0.4 is 16.0 Å². The zero-order chi connectivity index (χ0) is 22.6. The standard InChI is InChI=1S/C23H22F3N3O2/c1-14(2)20(21(30)27-19-11-10-15-6-3-4-7-16(15)12-19)29-22(31)28-18-9-5-8-17(13-18)23(24,25)26/h3-14,20H,1-2H3,(H,27,30)(H2,28,29,31). The van der Waals surface area contributed by atoms with E-state index in [2.05, 4.69) is 16.0 Å². The van der Waals surface area contributed by atoms with Gasteiger partial charge in [-0.05, 0) is 47.0 Å². The predicted molar refractivity (Wildman–Crippen MR) is 115 cm³/mol. The van der Waals surface area contributed by atoms with Gasteiger partial charge in [0.15, 0.2) is 0 Å². The number of benzene rings is 3. The number of alkyl halides is 3. The van der Waals surface area contributed by atoms with Gasteiger partial charge < -0.3 is 16.0 Å². The van der Waals surface area contributed by atoms with Crippen molar-refractivity contribution in [1.29, 1.82) is 0 Å². The summed E-state index contributed by atoms with van der Waals surface area (Å²) in [6, 6.07) is 15.8. The molecule has 5 nitrogen and oxygen atoms in total. The molecule has 8 heteroatoms. The van der Waals surface area contributed by atoms with E-state index in [4.69, 9.17) is 0 Å². The average molecular weight is 429 g/mol. The van der Waals surface area contributed by atoms with Crippen LogP contribution in [0.5, 0.6) is 0 Å². The Balaban J connectivity index is 1.68. The van der Waals surface area contributed by atoms with Crippen LogP contribution >= 0.6 is 0 Å². The van der Waals surface area contributed by atoms with Crippen molar-refractivity contribution in [3.8, 4) is 0 Å². The molecule has 162 valence electrons. The fourth-order valence-electron chi connectivity index (χ4n) is 3.10. The topological polar surface area (TPSA) is 70.2 Å². The lowest BCUT2D eigenvalue weighted by atomic mass is 10.0. The van der Waals surface area contributed by atoms with Gasteiger partial charge in [-0.25, -0.2) is 4.79 Å². The molecule has 3 amide bonds. The second-order valence-corrected chi connectivity index (χ2v) is 7.45. The Hall–Kier alpha value is -3.55. The number of anilines is 2. The molecule has 3 aromatic rings. The number of hydrogen-bond donors (Lipinski definition) is 3. The lowest BCUT2D eigenvalue weighted by Gasteiger charge is -2.22. The summed E-state index contributed by atoms with van der Waals surface area (Å²) in [6.45, 7) is 3.52. The molecule has 0 saturated carbocycles. The molecule has 0 aliphatic carbocycles. The summed E-state index contributed by atoms with van der Waals surface area (Å²) in [5.41, 5.74) is -0.320. The average Bonchev–Trinajstić information content (AvgIpc) is 2.71. The first-order valence-electron chi connectivity index (χ1n) is 9.68. The minimum Gasteiger partial charge on any atom is -0.326 e. The van der Waals surface area contributed by atoms with Crippen LogP contribution in [0.25, 0.3) is 10.8 Å². The number of carbonyl (C=O) groups is 2. The number of amides is 3. The van der Waals surface area contributed by atoms with E-state index in [1.54, 1.807) is 19.9 Å². The molecule has 0 aromatic heterocycles. The molecule has 1 atom stereocenters. The van der Waals surface area contributed by atoms with Gasteiger partial charge in [0.2, 0.25) is 5.91 Å². The van der Waals surface area contributed by atoms with Gasteiger partial charge in [-0.2, -0.15) is 13.2 Å². The third-order valence-electron chi connectivity index (χ3n) is 4.70. The van der Waals surface area contributed by atoms with Gasteiger partial charge in [-0.15, -0.1) is 0 Å². The molecule has 0 aliphatic rings. The number of nitrogens with one attached hydrogen (secondary N) is 3. The Labute approximate surface area is 177 Å². The van der Waals surface area contributed by atoms with Gasteiger partial charge in [0.05, 0.1) is 5.56 Å². The molecule has 0 saturated heterocycles. The van der Waals surface area contributed by atoms with Gasteiger partial charge in [0, 0.05) is 11.4 Å². The zero-order valence-electron chi connectivity index (χ0n) is 17.0. The Morgan fingerprint density at radius 3 is 2.16 bits per heavy atom. The third-order valence-corrected chi connectivity index (χ3v) is 4.70. The van der Waals surface area contributed by atoms with E-state index in [1.807, 2.05) is 36.4 Å². The molecule has 3 N–H and O–H groups in total. The highest BCUT2D eigenvalue weighted by Crippen LogP contribution is 2.30. The molecule has 0 spiro atoms. The Morgan fingerprint density at radius 2 is 1.48 bits per heavy atom. The number of rotatable bonds is 5. The van der Waals surface area contributed by atoms with E-state index < -0.39 is 29.7 Å². The molecule has 0 heterocycles. The van der Waals surface area contributed by atoms with Crippen molar-refractivity contribution >= 4 is 34.1 Å². The van der Waals surface area contributed by atoms with Crippen molar-refractivity contribution in [3.05, 3.63) is 72.3 Å². The smallest absolute Gasteiger partial charge is 0.326 e. The summed E-state index contributed by atoms with van der Waals surface area (Å²) in [5, 5.41) is 9.66. The quantitative estimate of drug-likeness (QED) is 0.491. The Kier molecular flexibility index (Phi) is 6.48. The van der Waals surface area contributed by atoms with Crippen molar-refractivity contribution in [1.82, 2.24) is 5.32 Å². The van der Waals surface area contributed by atoms with Crippen molar-refractivity contribution in [2.75, 3.05) is 10.6 Å². The summed E-state index contributed by atoms with van der Waals surface area (Å²) in [7, 11) is 0. The summed E-state index contributed by atoms with van der Waals surface area (Å²) in [6.07, 6.45) is -4.52. The molecule has 0 radical (unpaired) electrons. The fourth-order valence-corrected chi connectivity index (χ4v) is 3.10. The van der Waals surface area contributed by atoms with Crippen molar-refractivity contribution < 1.29 is 22.8 Å². The first-order valence-corrected chi connectivity index (χ1v) is 9.68. The van der Waals surface area contributed by atoms with Crippen molar-refractivity contribution in [3.63, 3.8) is 0 Å². The summed E-state index contributed by atoms with van der Waals surface area (Å²) < 4.78 is 38.6. The third kappa shape index (κ3) is 5.75. The van der Waals surface area contributed by atoms with Gasteiger partial charge >= 0.3 is 12.2 Å². The number of halogens is 3. The highest BCUT2D eigenvalue weighted by molar-refractivity contribution is 6.00. The number of hydrogen-bond acceptors (Lipinski definition) is 2. The van der Waals surface area contributed by atoms with Crippen molar-refractivity contribution in [2.24, 2.45) is 5.92 Å². The first-order chi connectivity index (χ1) is 14.6. The molecular formula is C23H22F3N3O2. The lowest BCUT2D eigenvalue weighted by Crippen LogP contribution is -2.48. The van der Waals surface area contributed by atoms with Crippen LogP contribution in [0, 0.1) is 5.92 Å². The minimum absolute atomic E-state index is 0.0234. The molecule has 0 bridgehead atoms. The summed E-state index contributed by atoms with van der Waals surface area (Å²) in [4.78, 5) is 25.1. The maximum Gasteiger partial charge on any atom is 0.416 e. The van der Waals surface area contributed by atoms with Gasteiger partial charge in [0.25, 0.3) is 0 Å². The lowest BCUT2D eigenvalue weighted by molar-refractivity contribution is -0.137. The van der Waals surface area contributed by atoms with Gasteiger partial charge in [-0.3, -0.25) is 4.79 Å². The normalized spacial score (nSPS) is 12.5. The second kappa shape index (κ2) is 9.07. The summed E-state index contributed by atoms with van der Waals surface area (Å²) in [5.74, 6) is -0.683. The second-order valence-electron chi connectivity index (χ2n) is 7.45. The molecule has 0 fully saturated rings. The van der Waals surface area contributed by atoms with Gasteiger partial charge in [-0.1, -0.05) is 50.2 Å². The first kappa shape index (κ1) is 22.1. The van der Waals surface area contributed by atoms with Crippen LogP contribution in [0.3, 0.4) is 0 Å². The molecule has 3 aromatic carbocycles. The summed E-state index contributed by atoms with van der Waals surface area (Å²) >= 11 is 0. The van der Waals surface area contributed by atoms with E-state index in [1.165, 1.54) is 12.1 Å². The SMILES string of the molecule is CC(C)C(NC(=O)Nc1cccc(C(F)(F)F)c1)C(=O)Nc1ccc2ccccc2c1. The van der Waals surface area contributed by atoms with Crippen LogP contribution in [-0.2, 0) is 11.0 Å². The Bertz CT molecular complexity index is 1100. The predicted octanol–water partition coefficient (Wildman–Crippen LogP) is 5.64. The monoisotopic (exact) mass is 429 g/mol. The zero-order valence-corrected chi connectivity index (χ0v) is 17.0. The van der Waals surface area contributed by atoms with Crippen LogP contribution in [0.15, 0.2) is 66.7 Å². The molecule has 0 aliphatic heterocycles. The molecular weight excluding hydrogens is 407 g/mol. The number of carbonyl (C=O) groups excluding carboxylic acids is 2.